The van der Waals surface area contributed by atoms with E-state index in [4.69, 9.17) is 15.3 Å². The number of aromatic hydroxyl groups is 2. The molecule has 0 aliphatic rings. The number of ether oxygens (including phenoxy) is 1. The smallest absolute Gasteiger partial charge is 0.309 e. The molecule has 0 amide bonds. The molecule has 0 spiro atoms. The van der Waals surface area contributed by atoms with Gasteiger partial charge in [0.2, 0.25) is 0 Å². The minimum absolute atomic E-state index is 0.000278. The third-order valence-electron chi connectivity index (χ3n) is 2.80. The Morgan fingerprint density at radius 3 is 1.57 bits per heavy atom. The number of esters is 1. The van der Waals surface area contributed by atoms with E-state index in [-0.39, 0.29) is 30.3 Å². The van der Waals surface area contributed by atoms with Crippen LogP contribution in [0.1, 0.15) is 11.1 Å². The Balaban J connectivity index is 0.000000231. The summed E-state index contributed by atoms with van der Waals surface area (Å²) in [7, 11) is 1.35. The molecule has 2 aromatic rings. The zero-order chi connectivity index (χ0) is 17.2. The van der Waals surface area contributed by atoms with Crippen molar-refractivity contribution in [3.8, 4) is 11.5 Å². The lowest BCUT2D eigenvalue weighted by Crippen LogP contribution is -2.03. The first-order chi connectivity index (χ1) is 10.9. The maximum absolute atomic E-state index is 10.8. The molecule has 0 radical (unpaired) electrons. The van der Waals surface area contributed by atoms with Gasteiger partial charge in [-0.2, -0.15) is 0 Å². The Kier molecular flexibility index (Phi) is 7.13. The summed E-state index contributed by atoms with van der Waals surface area (Å²) in [5, 5.41) is 26.1. The van der Waals surface area contributed by atoms with Crippen LogP contribution in [0.25, 0.3) is 0 Å². The third kappa shape index (κ3) is 7.52. The summed E-state index contributed by atoms with van der Waals surface area (Å²) in [6, 6.07) is 12.6. The predicted molar refractivity (Wildman–Crippen MR) is 83.3 cm³/mol. The number of carboxylic acids is 1. The van der Waals surface area contributed by atoms with E-state index in [1.165, 1.54) is 31.4 Å². The number of carboxylic acid groups (broad SMARTS) is 1. The average Bonchev–Trinajstić information content (AvgIpc) is 2.52. The van der Waals surface area contributed by atoms with Crippen LogP contribution < -0.4 is 0 Å². The molecule has 0 fully saturated rings. The molecule has 0 saturated heterocycles. The minimum Gasteiger partial charge on any atom is -0.508 e. The number of carbonyl (C=O) groups excluding carboxylic acids is 1. The van der Waals surface area contributed by atoms with E-state index in [1.807, 2.05) is 0 Å². The first kappa shape index (κ1) is 18.0. The minimum atomic E-state index is -0.865. The van der Waals surface area contributed by atoms with Crippen LogP contribution in [0.15, 0.2) is 48.5 Å². The molecule has 6 nitrogen and oxygen atoms in total. The normalized spacial score (nSPS) is 9.43. The molecule has 23 heavy (non-hydrogen) atoms. The maximum atomic E-state index is 10.8. The number of hydrogen-bond donors (Lipinski definition) is 3. The Morgan fingerprint density at radius 2 is 1.22 bits per heavy atom. The summed E-state index contributed by atoms with van der Waals surface area (Å²) in [6.07, 6.45) is 0.247. The fourth-order valence-electron chi connectivity index (χ4n) is 1.64. The number of benzene rings is 2. The van der Waals surface area contributed by atoms with E-state index in [0.717, 1.165) is 5.56 Å². The van der Waals surface area contributed by atoms with Crippen molar-refractivity contribution in [2.45, 2.75) is 12.8 Å². The monoisotopic (exact) mass is 318 g/mol. The summed E-state index contributed by atoms with van der Waals surface area (Å²) >= 11 is 0. The number of aliphatic carboxylic acids is 1. The molecule has 2 rings (SSSR count). The standard InChI is InChI=1S/C9H10O3.C8H8O3/c1-12-9(11)6-7-2-4-8(10)5-3-7;9-7-3-1-6(2-4-7)5-8(10)11/h2-5,10H,6H2,1H3;1-4,9H,5H2,(H,10,11). The SMILES string of the molecule is COC(=O)Cc1ccc(O)cc1.O=C(O)Cc1ccc(O)cc1. The van der Waals surface area contributed by atoms with Gasteiger partial charge < -0.3 is 20.1 Å². The quantitative estimate of drug-likeness (QED) is 0.746. The first-order valence-electron chi connectivity index (χ1n) is 6.75. The van der Waals surface area contributed by atoms with Crippen LogP contribution >= 0.6 is 0 Å². The van der Waals surface area contributed by atoms with Gasteiger partial charge in [-0.3, -0.25) is 9.59 Å². The molecule has 0 saturated carbocycles. The zero-order valence-electron chi connectivity index (χ0n) is 12.6. The van der Waals surface area contributed by atoms with Crippen molar-refractivity contribution < 1.29 is 29.6 Å². The van der Waals surface area contributed by atoms with Gasteiger partial charge in [-0.15, -0.1) is 0 Å². The van der Waals surface area contributed by atoms with Gasteiger partial charge in [0.15, 0.2) is 0 Å². The van der Waals surface area contributed by atoms with Crippen LogP contribution in [0, 0.1) is 0 Å². The molecule has 3 N–H and O–H groups in total. The topological polar surface area (TPSA) is 104 Å². The van der Waals surface area contributed by atoms with E-state index < -0.39 is 5.97 Å². The molecule has 0 aliphatic carbocycles. The number of methoxy groups -OCH3 is 1. The van der Waals surface area contributed by atoms with E-state index in [9.17, 15) is 9.59 Å². The fraction of sp³-hybridized carbons (Fsp3) is 0.176. The fourth-order valence-corrected chi connectivity index (χ4v) is 1.64. The number of phenols is 2. The molecule has 122 valence electrons. The molecular weight excluding hydrogens is 300 g/mol. The number of rotatable bonds is 4. The number of carbonyl (C=O) groups is 2. The second kappa shape index (κ2) is 9.09. The highest BCUT2D eigenvalue weighted by Crippen LogP contribution is 2.10. The van der Waals surface area contributed by atoms with Gasteiger partial charge in [0.25, 0.3) is 0 Å². The van der Waals surface area contributed by atoms with Crippen molar-refractivity contribution in [1.82, 2.24) is 0 Å². The van der Waals surface area contributed by atoms with Crippen LogP contribution in [-0.4, -0.2) is 34.4 Å². The molecular formula is C17H18O6. The van der Waals surface area contributed by atoms with Gasteiger partial charge in [0, 0.05) is 0 Å². The molecule has 0 heterocycles. The molecule has 0 bridgehead atoms. The lowest BCUT2D eigenvalue weighted by atomic mass is 10.1. The third-order valence-corrected chi connectivity index (χ3v) is 2.80. The van der Waals surface area contributed by atoms with Gasteiger partial charge in [-0.1, -0.05) is 24.3 Å². The lowest BCUT2D eigenvalue weighted by molar-refractivity contribution is -0.140. The van der Waals surface area contributed by atoms with Gasteiger partial charge in [-0.05, 0) is 35.4 Å². The molecule has 0 unspecified atom stereocenters. The van der Waals surface area contributed by atoms with E-state index in [0.29, 0.717) is 5.56 Å². The Labute approximate surface area is 133 Å². The van der Waals surface area contributed by atoms with Crippen molar-refractivity contribution in [2.24, 2.45) is 0 Å². The van der Waals surface area contributed by atoms with E-state index in [2.05, 4.69) is 4.74 Å². The van der Waals surface area contributed by atoms with Gasteiger partial charge in [0.1, 0.15) is 11.5 Å². The zero-order valence-corrected chi connectivity index (χ0v) is 12.6. The first-order valence-corrected chi connectivity index (χ1v) is 6.75. The highest BCUT2D eigenvalue weighted by molar-refractivity contribution is 5.72. The van der Waals surface area contributed by atoms with Crippen molar-refractivity contribution >= 4 is 11.9 Å². The van der Waals surface area contributed by atoms with Crippen molar-refractivity contribution in [2.75, 3.05) is 7.11 Å². The van der Waals surface area contributed by atoms with Crippen molar-refractivity contribution in [3.05, 3.63) is 59.7 Å². The lowest BCUT2D eigenvalue weighted by Gasteiger charge is -1.99. The number of phenolic OH excluding ortho intramolecular Hbond substituents is 2. The Hall–Kier alpha value is -3.02. The predicted octanol–water partition coefficient (Wildman–Crippen LogP) is 2.13. The number of hydrogen-bond acceptors (Lipinski definition) is 5. The van der Waals surface area contributed by atoms with Gasteiger partial charge in [-0.25, -0.2) is 0 Å². The van der Waals surface area contributed by atoms with Crippen molar-refractivity contribution in [3.63, 3.8) is 0 Å². The largest absolute Gasteiger partial charge is 0.508 e. The van der Waals surface area contributed by atoms with Crippen LogP contribution in [0.3, 0.4) is 0 Å². The Bertz CT molecular complexity index is 631. The van der Waals surface area contributed by atoms with Gasteiger partial charge in [0.05, 0.1) is 20.0 Å². The summed E-state index contributed by atoms with van der Waals surface area (Å²) in [5.41, 5.74) is 1.52. The summed E-state index contributed by atoms with van der Waals surface area (Å²) in [6.45, 7) is 0. The highest BCUT2D eigenvalue weighted by atomic mass is 16.5. The second-order valence-electron chi connectivity index (χ2n) is 4.66. The molecule has 0 atom stereocenters. The van der Waals surface area contributed by atoms with Crippen LogP contribution in [0.2, 0.25) is 0 Å². The highest BCUT2D eigenvalue weighted by Gasteiger charge is 2.01. The summed E-state index contributed by atoms with van der Waals surface area (Å²) < 4.78 is 4.48. The molecule has 0 aliphatic heterocycles. The van der Waals surface area contributed by atoms with Crippen LogP contribution in [-0.2, 0) is 27.2 Å². The maximum Gasteiger partial charge on any atom is 0.309 e. The molecule has 2 aromatic carbocycles. The summed E-state index contributed by atoms with van der Waals surface area (Å²) in [5.74, 6) is -0.792. The Morgan fingerprint density at radius 1 is 0.826 bits per heavy atom. The van der Waals surface area contributed by atoms with Gasteiger partial charge >= 0.3 is 11.9 Å². The van der Waals surface area contributed by atoms with E-state index in [1.54, 1.807) is 24.3 Å². The van der Waals surface area contributed by atoms with Crippen LogP contribution in [0.5, 0.6) is 11.5 Å². The van der Waals surface area contributed by atoms with Crippen LogP contribution in [0.4, 0.5) is 0 Å². The molecule has 6 heteroatoms. The second-order valence-corrected chi connectivity index (χ2v) is 4.66. The average molecular weight is 318 g/mol. The molecule has 0 aromatic heterocycles. The van der Waals surface area contributed by atoms with Crippen molar-refractivity contribution in [1.29, 1.82) is 0 Å². The van der Waals surface area contributed by atoms with E-state index >= 15 is 0 Å². The summed E-state index contributed by atoms with van der Waals surface area (Å²) in [4.78, 5) is 21.0.